The predicted octanol–water partition coefficient (Wildman–Crippen LogP) is 6.12. The summed E-state index contributed by atoms with van der Waals surface area (Å²) in [7, 11) is 1.62. The average Bonchev–Trinajstić information content (AvgIpc) is 3.00. The molecule has 8 nitrogen and oxygen atoms in total. The fourth-order valence-corrected chi connectivity index (χ4v) is 5.77. The van der Waals surface area contributed by atoms with Crippen molar-refractivity contribution in [2.75, 3.05) is 13.7 Å². The fourth-order valence-electron chi connectivity index (χ4n) is 5.77. The van der Waals surface area contributed by atoms with Gasteiger partial charge in [-0.15, -0.1) is 0 Å². The second kappa shape index (κ2) is 13.0. The summed E-state index contributed by atoms with van der Waals surface area (Å²) in [5.74, 6) is -0.408. The molecule has 3 aromatic carbocycles. The lowest BCUT2D eigenvalue weighted by atomic mass is 9.71. The zero-order valence-corrected chi connectivity index (χ0v) is 24.8. The number of allylic oxidation sites excluding steroid dienone is 3. The van der Waals surface area contributed by atoms with Crippen LogP contribution in [0, 0.1) is 0 Å². The molecule has 1 aliphatic heterocycles. The van der Waals surface area contributed by atoms with Crippen molar-refractivity contribution in [3.63, 3.8) is 0 Å². The molecular formula is C35H35NO7. The van der Waals surface area contributed by atoms with Crippen molar-refractivity contribution in [3.05, 3.63) is 112 Å². The van der Waals surface area contributed by atoms with Gasteiger partial charge in [-0.1, -0.05) is 48.5 Å². The molecule has 0 saturated heterocycles. The van der Waals surface area contributed by atoms with Crippen LogP contribution in [0.2, 0.25) is 0 Å². The molecule has 0 spiro atoms. The summed E-state index contributed by atoms with van der Waals surface area (Å²) in [4.78, 5) is 39.5. The highest BCUT2D eigenvalue weighted by atomic mass is 16.6. The Morgan fingerprint density at radius 2 is 1.65 bits per heavy atom. The van der Waals surface area contributed by atoms with Gasteiger partial charge in [-0.3, -0.25) is 9.59 Å². The molecule has 0 aromatic heterocycles. The highest BCUT2D eigenvalue weighted by Crippen LogP contribution is 2.47. The molecule has 0 fully saturated rings. The lowest BCUT2D eigenvalue weighted by Gasteiger charge is -2.37. The number of hydrogen-bond donors (Lipinski definition) is 1. The van der Waals surface area contributed by atoms with Gasteiger partial charge in [-0.25, -0.2) is 4.79 Å². The van der Waals surface area contributed by atoms with Crippen LogP contribution in [0.4, 0.5) is 0 Å². The van der Waals surface area contributed by atoms with Gasteiger partial charge in [0.15, 0.2) is 17.3 Å². The van der Waals surface area contributed by atoms with Crippen molar-refractivity contribution in [1.29, 1.82) is 0 Å². The molecule has 2 aliphatic rings. The molecule has 2 atom stereocenters. The number of carbonyl (C=O) groups is 3. The Labute approximate surface area is 251 Å². The summed E-state index contributed by atoms with van der Waals surface area (Å²) >= 11 is 0. The number of nitrogens with one attached hydrogen (secondary N) is 1. The van der Waals surface area contributed by atoms with Crippen molar-refractivity contribution in [1.82, 2.24) is 5.32 Å². The maximum absolute atomic E-state index is 14.0. The van der Waals surface area contributed by atoms with Crippen LogP contribution in [-0.4, -0.2) is 31.4 Å². The molecule has 0 amide bonds. The molecule has 0 saturated carbocycles. The normalized spacial score (nSPS) is 18.0. The van der Waals surface area contributed by atoms with Crippen molar-refractivity contribution in [2.45, 2.75) is 52.1 Å². The topological polar surface area (TPSA) is 100 Å². The number of ether oxygens (including phenoxy) is 4. The Hall–Kier alpha value is -4.85. The van der Waals surface area contributed by atoms with Crippen LogP contribution in [0.3, 0.4) is 0 Å². The molecule has 1 N–H and O–H groups in total. The van der Waals surface area contributed by atoms with Crippen molar-refractivity contribution >= 4 is 17.7 Å². The molecule has 0 radical (unpaired) electrons. The third-order valence-electron chi connectivity index (χ3n) is 7.70. The van der Waals surface area contributed by atoms with Gasteiger partial charge in [-0.2, -0.15) is 0 Å². The Balaban J connectivity index is 1.55. The summed E-state index contributed by atoms with van der Waals surface area (Å²) in [6, 6.07) is 22.3. The van der Waals surface area contributed by atoms with Crippen LogP contribution >= 0.6 is 0 Å². The second-order valence-electron chi connectivity index (χ2n) is 10.6. The molecule has 43 heavy (non-hydrogen) atoms. The first-order valence-electron chi connectivity index (χ1n) is 14.3. The summed E-state index contributed by atoms with van der Waals surface area (Å²) in [6.07, 6.45) is 0.885. The number of dihydropyridines is 1. The molecule has 8 heteroatoms. The van der Waals surface area contributed by atoms with E-state index in [1.165, 1.54) is 6.92 Å². The van der Waals surface area contributed by atoms with Gasteiger partial charge in [0.05, 0.1) is 19.3 Å². The highest BCUT2D eigenvalue weighted by Gasteiger charge is 2.41. The van der Waals surface area contributed by atoms with Gasteiger partial charge in [0.1, 0.15) is 12.4 Å². The van der Waals surface area contributed by atoms with E-state index in [1.54, 1.807) is 25.3 Å². The number of carbonyl (C=O) groups excluding carboxylic acids is 3. The molecule has 0 bridgehead atoms. The van der Waals surface area contributed by atoms with Crippen LogP contribution in [0.5, 0.6) is 17.2 Å². The van der Waals surface area contributed by atoms with Crippen LogP contribution in [0.25, 0.3) is 0 Å². The van der Waals surface area contributed by atoms with Crippen molar-refractivity contribution in [3.8, 4) is 17.2 Å². The predicted molar refractivity (Wildman–Crippen MR) is 161 cm³/mol. The van der Waals surface area contributed by atoms with Crippen molar-refractivity contribution < 1.29 is 33.3 Å². The average molecular weight is 582 g/mol. The third-order valence-corrected chi connectivity index (χ3v) is 7.70. The van der Waals surface area contributed by atoms with E-state index in [1.807, 2.05) is 68.4 Å². The lowest BCUT2D eigenvalue weighted by molar-refractivity contribution is -0.140. The first-order chi connectivity index (χ1) is 20.8. The molecule has 1 heterocycles. The molecule has 222 valence electrons. The van der Waals surface area contributed by atoms with Gasteiger partial charge in [0.2, 0.25) is 0 Å². The van der Waals surface area contributed by atoms with Gasteiger partial charge in [-0.05, 0) is 67.1 Å². The minimum absolute atomic E-state index is 0.0324. The summed E-state index contributed by atoms with van der Waals surface area (Å²) in [5.41, 5.74) is 4.84. The van der Waals surface area contributed by atoms with E-state index >= 15 is 0 Å². The van der Waals surface area contributed by atoms with Gasteiger partial charge in [0.25, 0.3) is 0 Å². The number of methoxy groups -OCH3 is 1. The zero-order valence-electron chi connectivity index (χ0n) is 24.8. The minimum Gasteiger partial charge on any atom is -0.497 e. The van der Waals surface area contributed by atoms with Crippen LogP contribution < -0.4 is 19.5 Å². The van der Waals surface area contributed by atoms with E-state index < -0.39 is 17.9 Å². The van der Waals surface area contributed by atoms with E-state index in [0.717, 1.165) is 22.6 Å². The molecule has 3 aromatic rings. The first kappa shape index (κ1) is 29.6. The number of Topliss-reactive ketones (excluding diaryl/α,β-unsaturated/α-hetero) is 1. The monoisotopic (exact) mass is 581 g/mol. The van der Waals surface area contributed by atoms with Gasteiger partial charge in [0, 0.05) is 36.2 Å². The van der Waals surface area contributed by atoms with E-state index in [0.29, 0.717) is 47.6 Å². The smallest absolute Gasteiger partial charge is 0.337 e. The summed E-state index contributed by atoms with van der Waals surface area (Å²) in [6.45, 7) is 5.41. The lowest BCUT2D eigenvalue weighted by Crippen LogP contribution is -2.36. The fraction of sp³-hybridized carbons (Fsp3) is 0.286. The Bertz CT molecular complexity index is 1590. The summed E-state index contributed by atoms with van der Waals surface area (Å²) < 4.78 is 22.3. The van der Waals surface area contributed by atoms with Gasteiger partial charge < -0.3 is 24.3 Å². The van der Waals surface area contributed by atoms with Crippen LogP contribution in [0.15, 0.2) is 95.3 Å². The van der Waals surface area contributed by atoms with E-state index in [4.69, 9.17) is 18.9 Å². The van der Waals surface area contributed by atoms with Crippen LogP contribution in [0.1, 0.15) is 62.1 Å². The molecule has 1 aliphatic carbocycles. The number of ketones is 1. The number of hydrogen-bond acceptors (Lipinski definition) is 8. The number of benzene rings is 3. The molecule has 0 unspecified atom stereocenters. The van der Waals surface area contributed by atoms with E-state index in [2.05, 4.69) is 5.32 Å². The third kappa shape index (κ3) is 6.48. The quantitative estimate of drug-likeness (QED) is 0.238. The minimum atomic E-state index is -0.700. The highest BCUT2D eigenvalue weighted by molar-refractivity contribution is 6.04. The molecule has 5 rings (SSSR count). The van der Waals surface area contributed by atoms with Crippen LogP contribution in [-0.2, 0) is 25.7 Å². The number of esters is 2. The summed E-state index contributed by atoms with van der Waals surface area (Å²) in [5, 5.41) is 3.39. The first-order valence-corrected chi connectivity index (χ1v) is 14.3. The molecular weight excluding hydrogens is 546 g/mol. The number of rotatable bonds is 9. The van der Waals surface area contributed by atoms with Gasteiger partial charge >= 0.3 is 11.9 Å². The van der Waals surface area contributed by atoms with E-state index in [9.17, 15) is 14.4 Å². The zero-order chi connectivity index (χ0) is 30.5. The van der Waals surface area contributed by atoms with Crippen molar-refractivity contribution in [2.24, 2.45) is 0 Å². The Kier molecular flexibility index (Phi) is 8.95. The maximum atomic E-state index is 14.0. The standard InChI is InChI=1S/C35H35NO7/c1-5-41-31-19-25(13-16-30(31)43-22(3)37)33-32(35(39)42-20-23-9-7-6-8-10-23)21(2)36-28-17-26(18-29(38)34(28)33)24-11-14-27(40-4)15-12-24/h6-16,19,26,33,36H,5,17-18,20H2,1-4H3/t26-,33+/m1/s1. The largest absolute Gasteiger partial charge is 0.497 e. The Morgan fingerprint density at radius 1 is 0.930 bits per heavy atom. The SMILES string of the molecule is CCOc1cc([C@H]2C(C(=O)OCc3ccccc3)=C(C)NC3=C2C(=O)C[C@H](c2ccc(OC)cc2)C3)ccc1OC(C)=O. The second-order valence-corrected chi connectivity index (χ2v) is 10.6. The van der Waals surface area contributed by atoms with E-state index in [-0.39, 0.29) is 24.1 Å². The Morgan fingerprint density at radius 3 is 2.33 bits per heavy atom. The maximum Gasteiger partial charge on any atom is 0.337 e.